The van der Waals surface area contributed by atoms with Crippen molar-refractivity contribution >= 4 is 11.6 Å². The number of pyridine rings is 1. The minimum Gasteiger partial charge on any atom is -0.488 e. The van der Waals surface area contributed by atoms with Crippen LogP contribution in [0.1, 0.15) is 16.1 Å². The molecule has 0 saturated carbocycles. The summed E-state index contributed by atoms with van der Waals surface area (Å²) in [5.74, 6) is 0.631. The maximum atomic E-state index is 12.3. The van der Waals surface area contributed by atoms with Crippen molar-refractivity contribution in [2.45, 2.75) is 6.61 Å². The van der Waals surface area contributed by atoms with E-state index in [4.69, 9.17) is 4.74 Å². The molecule has 0 fully saturated rings. The molecule has 0 bridgehead atoms. The Morgan fingerprint density at radius 2 is 2.17 bits per heavy atom. The van der Waals surface area contributed by atoms with Crippen LogP contribution in [0.2, 0.25) is 0 Å². The van der Waals surface area contributed by atoms with E-state index < -0.39 is 0 Å². The van der Waals surface area contributed by atoms with E-state index in [1.807, 2.05) is 49.8 Å². The highest BCUT2D eigenvalue weighted by Crippen LogP contribution is 2.38. The predicted octanol–water partition coefficient (Wildman–Crippen LogP) is 3.23. The Morgan fingerprint density at radius 1 is 1.26 bits per heavy atom. The highest BCUT2D eigenvalue weighted by atomic mass is 16.5. The third-order valence-corrected chi connectivity index (χ3v) is 3.99. The molecule has 3 aromatic rings. The zero-order valence-electron chi connectivity index (χ0n) is 12.6. The van der Waals surface area contributed by atoms with E-state index in [-0.39, 0.29) is 5.91 Å². The fourth-order valence-electron chi connectivity index (χ4n) is 2.79. The molecule has 0 unspecified atom stereocenters. The molecule has 1 aliphatic heterocycles. The van der Waals surface area contributed by atoms with Gasteiger partial charge in [-0.1, -0.05) is 0 Å². The summed E-state index contributed by atoms with van der Waals surface area (Å²) in [6.45, 7) is 0.491. The number of ether oxygens (including phenoxy) is 1. The van der Waals surface area contributed by atoms with Crippen molar-refractivity contribution in [2.24, 2.45) is 7.05 Å². The van der Waals surface area contributed by atoms with Gasteiger partial charge < -0.3 is 14.6 Å². The van der Waals surface area contributed by atoms with E-state index in [9.17, 15) is 4.79 Å². The molecular weight excluding hydrogens is 290 g/mol. The van der Waals surface area contributed by atoms with Gasteiger partial charge in [-0.05, 0) is 35.9 Å². The van der Waals surface area contributed by atoms with Crippen LogP contribution in [-0.2, 0) is 13.7 Å². The summed E-state index contributed by atoms with van der Waals surface area (Å²) in [5, 5.41) is 2.91. The second kappa shape index (κ2) is 5.28. The average Bonchev–Trinajstić information content (AvgIpc) is 3.00. The Bertz CT molecular complexity index is 899. The summed E-state index contributed by atoms with van der Waals surface area (Å²) in [5.41, 5.74) is 4.54. The van der Waals surface area contributed by atoms with Crippen LogP contribution in [0.15, 0.2) is 55.0 Å². The molecule has 1 N–H and O–H groups in total. The summed E-state index contributed by atoms with van der Waals surface area (Å²) >= 11 is 0. The van der Waals surface area contributed by atoms with Gasteiger partial charge in [-0.3, -0.25) is 9.78 Å². The smallest absolute Gasteiger partial charge is 0.272 e. The minimum atomic E-state index is -0.141. The van der Waals surface area contributed by atoms with Crippen LogP contribution < -0.4 is 10.1 Å². The molecule has 1 amide bonds. The molecular formula is C18H15N3O2. The van der Waals surface area contributed by atoms with Gasteiger partial charge in [-0.15, -0.1) is 0 Å². The lowest BCUT2D eigenvalue weighted by Crippen LogP contribution is -2.15. The maximum Gasteiger partial charge on any atom is 0.272 e. The lowest BCUT2D eigenvalue weighted by atomic mass is 9.98. The number of nitrogens with one attached hydrogen (secondary N) is 1. The quantitative estimate of drug-likeness (QED) is 0.791. The van der Waals surface area contributed by atoms with Crippen molar-refractivity contribution in [1.29, 1.82) is 0 Å². The molecule has 1 aliphatic rings. The fourth-order valence-corrected chi connectivity index (χ4v) is 2.79. The Labute approximate surface area is 133 Å². The van der Waals surface area contributed by atoms with Crippen molar-refractivity contribution in [3.05, 3.63) is 66.2 Å². The van der Waals surface area contributed by atoms with Crippen LogP contribution in [0.25, 0.3) is 11.1 Å². The first kappa shape index (κ1) is 13.6. The lowest BCUT2D eigenvalue weighted by Gasteiger charge is -2.21. The van der Waals surface area contributed by atoms with Gasteiger partial charge in [0.25, 0.3) is 5.91 Å². The van der Waals surface area contributed by atoms with Gasteiger partial charge in [0.2, 0.25) is 0 Å². The number of hydrogen-bond donors (Lipinski definition) is 1. The number of nitrogens with zero attached hydrogens (tertiary/aromatic N) is 2. The first-order chi connectivity index (χ1) is 11.2. The summed E-state index contributed by atoms with van der Waals surface area (Å²) < 4.78 is 7.58. The monoisotopic (exact) mass is 305 g/mol. The van der Waals surface area contributed by atoms with Crippen molar-refractivity contribution < 1.29 is 9.53 Å². The average molecular weight is 305 g/mol. The van der Waals surface area contributed by atoms with Crippen molar-refractivity contribution in [1.82, 2.24) is 9.55 Å². The maximum absolute atomic E-state index is 12.3. The molecule has 0 spiro atoms. The van der Waals surface area contributed by atoms with Crippen LogP contribution in [0.4, 0.5) is 5.69 Å². The normalized spacial score (nSPS) is 12.0. The Balaban J connectivity index is 1.64. The summed E-state index contributed by atoms with van der Waals surface area (Å²) in [6, 6.07) is 11.3. The molecule has 5 nitrogen and oxygen atoms in total. The van der Waals surface area contributed by atoms with E-state index in [1.165, 1.54) is 0 Å². The van der Waals surface area contributed by atoms with E-state index >= 15 is 0 Å². The first-order valence-corrected chi connectivity index (χ1v) is 7.35. The summed E-state index contributed by atoms with van der Waals surface area (Å²) in [7, 11) is 1.84. The molecule has 3 heterocycles. The Kier molecular flexibility index (Phi) is 3.12. The Hall–Kier alpha value is -3.08. The van der Waals surface area contributed by atoms with E-state index in [2.05, 4.69) is 10.3 Å². The van der Waals surface area contributed by atoms with Gasteiger partial charge in [0.05, 0.1) is 0 Å². The third kappa shape index (κ3) is 2.36. The number of anilines is 1. The van der Waals surface area contributed by atoms with E-state index in [0.717, 1.165) is 22.4 Å². The molecule has 4 rings (SSSR count). The first-order valence-electron chi connectivity index (χ1n) is 7.35. The molecule has 0 radical (unpaired) electrons. The van der Waals surface area contributed by atoms with Gasteiger partial charge in [0.15, 0.2) is 0 Å². The van der Waals surface area contributed by atoms with Crippen LogP contribution in [0.5, 0.6) is 5.75 Å². The molecule has 23 heavy (non-hydrogen) atoms. The van der Waals surface area contributed by atoms with Crippen molar-refractivity contribution in [3.8, 4) is 16.9 Å². The SMILES string of the molecule is Cn1cccc1C(=O)Nc1ccc2c(c1)OCc1cnccc1-2. The highest BCUT2D eigenvalue weighted by Gasteiger charge is 2.18. The number of aryl methyl sites for hydroxylation is 1. The number of hydrogen-bond acceptors (Lipinski definition) is 3. The molecule has 0 atom stereocenters. The number of fused-ring (bicyclic) bond motifs is 3. The number of rotatable bonds is 2. The minimum absolute atomic E-state index is 0.141. The number of carbonyl (C=O) groups is 1. The van der Waals surface area contributed by atoms with Gasteiger partial charge in [0, 0.05) is 48.5 Å². The number of amides is 1. The van der Waals surface area contributed by atoms with Gasteiger partial charge in [-0.25, -0.2) is 0 Å². The molecule has 1 aromatic carbocycles. The molecule has 114 valence electrons. The highest BCUT2D eigenvalue weighted by molar-refractivity contribution is 6.03. The van der Waals surface area contributed by atoms with Crippen LogP contribution in [0, 0.1) is 0 Å². The Morgan fingerprint density at radius 3 is 3.00 bits per heavy atom. The lowest BCUT2D eigenvalue weighted by molar-refractivity contribution is 0.101. The molecule has 2 aromatic heterocycles. The second-order valence-electron chi connectivity index (χ2n) is 5.49. The van der Waals surface area contributed by atoms with E-state index in [1.54, 1.807) is 16.8 Å². The fraction of sp³-hybridized carbons (Fsp3) is 0.111. The second-order valence-corrected chi connectivity index (χ2v) is 5.49. The standard InChI is InChI=1S/C18H15N3O2/c1-21-8-2-3-16(21)18(22)20-13-4-5-15-14-6-7-19-10-12(14)11-23-17(15)9-13/h2-10H,11H2,1H3,(H,20,22). The van der Waals surface area contributed by atoms with E-state index in [0.29, 0.717) is 18.0 Å². The third-order valence-electron chi connectivity index (χ3n) is 3.99. The molecule has 0 saturated heterocycles. The largest absolute Gasteiger partial charge is 0.488 e. The number of carbonyl (C=O) groups excluding carboxylic acids is 1. The van der Waals surface area contributed by atoms with Crippen molar-refractivity contribution in [2.75, 3.05) is 5.32 Å². The molecule has 0 aliphatic carbocycles. The summed E-state index contributed by atoms with van der Waals surface area (Å²) in [4.78, 5) is 16.4. The zero-order chi connectivity index (χ0) is 15.8. The topological polar surface area (TPSA) is 56.2 Å². The predicted molar refractivity (Wildman–Crippen MR) is 87.4 cm³/mol. The van der Waals surface area contributed by atoms with Gasteiger partial charge in [0.1, 0.15) is 18.1 Å². The number of benzene rings is 1. The van der Waals surface area contributed by atoms with Crippen LogP contribution >= 0.6 is 0 Å². The van der Waals surface area contributed by atoms with Crippen LogP contribution in [-0.4, -0.2) is 15.5 Å². The van der Waals surface area contributed by atoms with Crippen molar-refractivity contribution in [3.63, 3.8) is 0 Å². The van der Waals surface area contributed by atoms with Crippen LogP contribution in [0.3, 0.4) is 0 Å². The zero-order valence-corrected chi connectivity index (χ0v) is 12.6. The summed E-state index contributed by atoms with van der Waals surface area (Å²) in [6.07, 6.45) is 5.44. The number of aromatic nitrogens is 2. The van der Waals surface area contributed by atoms with Gasteiger partial charge >= 0.3 is 0 Å². The molecule has 5 heteroatoms. The van der Waals surface area contributed by atoms with Gasteiger partial charge in [-0.2, -0.15) is 0 Å².